The lowest BCUT2D eigenvalue weighted by Crippen LogP contribution is -2.44. The maximum absolute atomic E-state index is 12.3. The Morgan fingerprint density at radius 2 is 2.18 bits per heavy atom. The van der Waals surface area contributed by atoms with Gasteiger partial charge in [-0.2, -0.15) is 24.9 Å². The molecule has 2 heterocycles. The number of hydrogen-bond acceptors (Lipinski definition) is 3. The third-order valence-corrected chi connectivity index (χ3v) is 5.79. The van der Waals surface area contributed by atoms with Gasteiger partial charge in [0.25, 0.3) is 0 Å². The van der Waals surface area contributed by atoms with E-state index in [0.29, 0.717) is 32.6 Å². The predicted molar refractivity (Wildman–Crippen MR) is 82.1 cm³/mol. The van der Waals surface area contributed by atoms with Crippen LogP contribution in [0.1, 0.15) is 26.2 Å². The lowest BCUT2D eigenvalue weighted by molar-refractivity contribution is -0.143. The van der Waals surface area contributed by atoms with Gasteiger partial charge in [0.15, 0.2) is 0 Å². The molecule has 2 aliphatic heterocycles. The number of nitrogens with zero attached hydrogens (tertiary/aromatic N) is 1. The Kier molecular flexibility index (Phi) is 5.87. The van der Waals surface area contributed by atoms with Crippen LogP contribution in [0.4, 0.5) is 18.0 Å². The summed E-state index contributed by atoms with van der Waals surface area (Å²) in [7, 11) is 0. The first kappa shape index (κ1) is 17.7. The topological polar surface area (TPSA) is 44.4 Å². The molecule has 0 aromatic heterocycles. The number of carbonyl (C=O) groups excluding carboxylic acids is 1. The highest BCUT2D eigenvalue weighted by Crippen LogP contribution is 2.36. The van der Waals surface area contributed by atoms with Crippen LogP contribution in [-0.2, 0) is 0 Å². The van der Waals surface area contributed by atoms with Crippen LogP contribution in [0.25, 0.3) is 0 Å². The number of carbonyl (C=O) groups is 1. The third-order valence-electron chi connectivity index (χ3n) is 4.25. The average Bonchev–Trinajstić information content (AvgIpc) is 3.02. The zero-order valence-electron chi connectivity index (χ0n) is 12.8. The Hall–Kier alpha value is -0.630. The number of thioether (sulfide) groups is 1. The predicted octanol–water partition coefficient (Wildman–Crippen LogP) is 2.46. The number of halogens is 3. The van der Waals surface area contributed by atoms with E-state index in [4.69, 9.17) is 0 Å². The molecule has 0 radical (unpaired) electrons. The molecule has 2 aliphatic rings. The van der Waals surface area contributed by atoms with Crippen LogP contribution in [0, 0.1) is 5.92 Å². The molecule has 0 unspecified atom stereocenters. The summed E-state index contributed by atoms with van der Waals surface area (Å²) in [5.74, 6) is 1.24. The highest BCUT2D eigenvalue weighted by Gasteiger charge is 2.34. The van der Waals surface area contributed by atoms with E-state index >= 15 is 0 Å². The van der Waals surface area contributed by atoms with Gasteiger partial charge in [-0.1, -0.05) is 0 Å². The van der Waals surface area contributed by atoms with Gasteiger partial charge < -0.3 is 10.6 Å². The molecule has 4 nitrogen and oxygen atoms in total. The molecule has 2 N–H and O–H groups in total. The summed E-state index contributed by atoms with van der Waals surface area (Å²) in [5, 5.41) is 5.66. The molecule has 2 atom stereocenters. The standard InChI is InChI=1S/C14H24F3N3OS/c1-13(4-2-6-22-13)9-19-12(21)18-7-11-3-5-20(8-11)10-14(15,16)17/h11H,2-10H2,1H3,(H2,18,19,21)/t11-,13-/m1/s1. The van der Waals surface area contributed by atoms with Crippen LogP contribution in [0.5, 0.6) is 0 Å². The molecule has 2 fully saturated rings. The van der Waals surface area contributed by atoms with E-state index in [1.165, 1.54) is 11.3 Å². The molecular formula is C14H24F3N3OS. The molecule has 0 spiro atoms. The van der Waals surface area contributed by atoms with Gasteiger partial charge >= 0.3 is 12.2 Å². The zero-order chi connectivity index (χ0) is 16.2. The maximum Gasteiger partial charge on any atom is 0.401 e. The fourth-order valence-corrected chi connectivity index (χ4v) is 4.26. The van der Waals surface area contributed by atoms with Crippen LogP contribution in [0.3, 0.4) is 0 Å². The van der Waals surface area contributed by atoms with Crippen molar-refractivity contribution < 1.29 is 18.0 Å². The molecule has 128 valence electrons. The van der Waals surface area contributed by atoms with Crippen molar-refractivity contribution >= 4 is 17.8 Å². The lowest BCUT2D eigenvalue weighted by atomic mass is 10.1. The third kappa shape index (κ3) is 5.87. The molecule has 2 rings (SSSR count). The number of hydrogen-bond donors (Lipinski definition) is 2. The SMILES string of the molecule is C[C@]1(CNC(=O)NC[C@H]2CCN(CC(F)(F)F)C2)CCCS1. The van der Waals surface area contributed by atoms with Crippen molar-refractivity contribution in [2.75, 3.05) is 38.5 Å². The van der Waals surface area contributed by atoms with E-state index in [-0.39, 0.29) is 16.7 Å². The van der Waals surface area contributed by atoms with Crippen molar-refractivity contribution in [1.29, 1.82) is 0 Å². The van der Waals surface area contributed by atoms with Gasteiger partial charge in [-0.15, -0.1) is 0 Å². The summed E-state index contributed by atoms with van der Waals surface area (Å²) in [6, 6.07) is -0.219. The Bertz CT molecular complexity index is 386. The highest BCUT2D eigenvalue weighted by molar-refractivity contribution is 8.00. The second kappa shape index (κ2) is 7.29. The fraction of sp³-hybridized carbons (Fsp3) is 0.929. The monoisotopic (exact) mass is 339 g/mol. The molecule has 8 heteroatoms. The molecule has 22 heavy (non-hydrogen) atoms. The van der Waals surface area contributed by atoms with Gasteiger partial charge in [-0.25, -0.2) is 4.79 Å². The number of rotatable bonds is 5. The average molecular weight is 339 g/mol. The summed E-state index contributed by atoms with van der Waals surface area (Å²) >= 11 is 1.88. The first-order valence-corrected chi connectivity index (χ1v) is 8.69. The number of amides is 2. The minimum Gasteiger partial charge on any atom is -0.338 e. The van der Waals surface area contributed by atoms with Gasteiger partial charge in [0, 0.05) is 24.4 Å². The van der Waals surface area contributed by atoms with Crippen molar-refractivity contribution in [2.24, 2.45) is 5.92 Å². The normalized spacial score (nSPS) is 29.7. The van der Waals surface area contributed by atoms with Gasteiger partial charge in [0.05, 0.1) is 6.54 Å². The summed E-state index contributed by atoms with van der Waals surface area (Å²) < 4.78 is 37.0. The Morgan fingerprint density at radius 1 is 1.41 bits per heavy atom. The van der Waals surface area contributed by atoms with Gasteiger partial charge in [-0.3, -0.25) is 4.90 Å². The van der Waals surface area contributed by atoms with Crippen molar-refractivity contribution in [3.05, 3.63) is 0 Å². The fourth-order valence-electron chi connectivity index (χ4n) is 3.02. The Balaban J connectivity index is 1.61. The molecule has 2 amide bonds. The first-order chi connectivity index (χ1) is 10.3. The first-order valence-electron chi connectivity index (χ1n) is 7.71. The Labute approximate surface area is 133 Å². The molecule has 0 saturated carbocycles. The van der Waals surface area contributed by atoms with E-state index in [0.717, 1.165) is 12.2 Å². The summed E-state index contributed by atoms with van der Waals surface area (Å²) in [4.78, 5) is 13.2. The summed E-state index contributed by atoms with van der Waals surface area (Å²) in [6.07, 6.45) is -1.16. The number of urea groups is 1. The van der Waals surface area contributed by atoms with Crippen molar-refractivity contribution in [2.45, 2.75) is 37.1 Å². The maximum atomic E-state index is 12.3. The molecule has 0 aromatic rings. The second-order valence-corrected chi connectivity index (χ2v) is 8.15. The van der Waals surface area contributed by atoms with Crippen molar-refractivity contribution in [3.8, 4) is 0 Å². The minimum atomic E-state index is -4.14. The van der Waals surface area contributed by atoms with E-state index < -0.39 is 12.7 Å². The van der Waals surface area contributed by atoms with Crippen LogP contribution in [0.15, 0.2) is 0 Å². The Morgan fingerprint density at radius 3 is 2.82 bits per heavy atom. The van der Waals surface area contributed by atoms with Gasteiger partial charge in [0.1, 0.15) is 0 Å². The highest BCUT2D eigenvalue weighted by atomic mass is 32.2. The number of nitrogens with one attached hydrogen (secondary N) is 2. The van der Waals surface area contributed by atoms with Gasteiger partial charge in [-0.05, 0) is 44.4 Å². The van der Waals surface area contributed by atoms with Crippen molar-refractivity contribution in [1.82, 2.24) is 15.5 Å². The second-order valence-electron chi connectivity index (χ2n) is 6.47. The zero-order valence-corrected chi connectivity index (χ0v) is 13.7. The van der Waals surface area contributed by atoms with Crippen molar-refractivity contribution in [3.63, 3.8) is 0 Å². The van der Waals surface area contributed by atoms with E-state index in [2.05, 4.69) is 17.6 Å². The summed E-state index contributed by atoms with van der Waals surface area (Å²) in [6.45, 7) is 3.20. The number of likely N-dealkylation sites (tertiary alicyclic amines) is 1. The minimum absolute atomic E-state index is 0.101. The molecule has 2 saturated heterocycles. The largest absolute Gasteiger partial charge is 0.401 e. The quantitative estimate of drug-likeness (QED) is 0.809. The van der Waals surface area contributed by atoms with Crippen LogP contribution < -0.4 is 10.6 Å². The smallest absolute Gasteiger partial charge is 0.338 e. The van der Waals surface area contributed by atoms with E-state index in [1.54, 1.807) is 0 Å². The van der Waals surface area contributed by atoms with Gasteiger partial charge in [0.2, 0.25) is 0 Å². The van der Waals surface area contributed by atoms with Crippen LogP contribution in [-0.4, -0.2) is 60.3 Å². The number of alkyl halides is 3. The van der Waals surface area contributed by atoms with Crippen LogP contribution >= 0.6 is 11.8 Å². The lowest BCUT2D eigenvalue weighted by Gasteiger charge is -2.23. The van der Waals surface area contributed by atoms with E-state index in [9.17, 15) is 18.0 Å². The molecular weight excluding hydrogens is 315 g/mol. The molecule has 0 bridgehead atoms. The molecule has 0 aliphatic carbocycles. The molecule has 0 aromatic carbocycles. The van der Waals surface area contributed by atoms with Crippen LogP contribution in [0.2, 0.25) is 0 Å². The van der Waals surface area contributed by atoms with E-state index in [1.807, 2.05) is 11.8 Å². The summed E-state index contributed by atoms with van der Waals surface area (Å²) in [5.41, 5.74) is 0.